The molecule has 0 radical (unpaired) electrons. The van der Waals surface area contributed by atoms with Gasteiger partial charge < -0.3 is 9.47 Å². The van der Waals surface area contributed by atoms with E-state index in [1.807, 2.05) is 60.7 Å². The molecule has 0 fully saturated rings. The molecule has 1 heterocycles. The summed E-state index contributed by atoms with van der Waals surface area (Å²) >= 11 is 0. The Labute approximate surface area is 248 Å². The fraction of sp³-hybridized carbons (Fsp3) is 0.0882. The fourth-order valence-electron chi connectivity index (χ4n) is 4.60. The van der Waals surface area contributed by atoms with E-state index in [2.05, 4.69) is 17.1 Å². The normalized spacial score (nSPS) is 10.9. The molecule has 0 unspecified atom stereocenters. The molecule has 1 aromatic heterocycles. The summed E-state index contributed by atoms with van der Waals surface area (Å²) in [6.07, 6.45) is 3.77. The van der Waals surface area contributed by atoms with Crippen molar-refractivity contribution in [3.8, 4) is 22.8 Å². The smallest absolute Gasteiger partial charge is 0.272 e. The molecule has 9 heteroatoms. The van der Waals surface area contributed by atoms with Crippen LogP contribution in [0, 0.1) is 10.1 Å². The maximum absolute atomic E-state index is 13.3. The van der Waals surface area contributed by atoms with Crippen LogP contribution in [0.3, 0.4) is 0 Å². The number of carbonyl (C=O) groups is 1. The van der Waals surface area contributed by atoms with E-state index in [1.54, 1.807) is 30.3 Å². The third kappa shape index (κ3) is 6.74. The number of nitro groups is 1. The van der Waals surface area contributed by atoms with Crippen molar-refractivity contribution in [2.75, 3.05) is 7.11 Å². The van der Waals surface area contributed by atoms with E-state index in [0.29, 0.717) is 40.3 Å². The Morgan fingerprint density at radius 3 is 2.49 bits per heavy atom. The Morgan fingerprint density at radius 1 is 1.02 bits per heavy atom. The quantitative estimate of drug-likeness (QED) is 0.0797. The molecule has 5 rings (SSSR count). The number of hydrogen-bond donors (Lipinski definition) is 1. The zero-order valence-corrected chi connectivity index (χ0v) is 23.4. The standard InChI is InChI=1S/C34H28N4O5/c1-3-9-26-18-24(19-32(42-2)33(26)43-22-23-14-16-27(17-15-23)38(40)41)21-35-37-34(39)29-20-31(25-10-5-4-6-11-25)36-30-13-8-7-12-28(29)30/h3-8,10-21H,1,9,22H2,2H3,(H,37,39)/b35-21+. The van der Waals surface area contributed by atoms with Crippen molar-refractivity contribution in [3.63, 3.8) is 0 Å². The van der Waals surface area contributed by atoms with Crippen LogP contribution in [0.1, 0.15) is 27.0 Å². The number of non-ortho nitro benzene ring substituents is 1. The van der Waals surface area contributed by atoms with Crippen molar-refractivity contribution < 1.29 is 19.2 Å². The minimum Gasteiger partial charge on any atom is -0.493 e. The molecule has 0 aliphatic carbocycles. The average molecular weight is 573 g/mol. The number of allylic oxidation sites excluding steroid dienone is 1. The van der Waals surface area contributed by atoms with Crippen molar-refractivity contribution in [2.45, 2.75) is 13.0 Å². The van der Waals surface area contributed by atoms with Crippen LogP contribution in [-0.4, -0.2) is 29.1 Å². The summed E-state index contributed by atoms with van der Waals surface area (Å²) in [5.41, 5.74) is 7.67. The number of pyridine rings is 1. The van der Waals surface area contributed by atoms with E-state index >= 15 is 0 Å². The number of para-hydroxylation sites is 1. The summed E-state index contributed by atoms with van der Waals surface area (Å²) < 4.78 is 11.7. The molecule has 0 aliphatic heterocycles. The van der Waals surface area contributed by atoms with E-state index in [-0.39, 0.29) is 18.2 Å². The van der Waals surface area contributed by atoms with Gasteiger partial charge in [-0.15, -0.1) is 6.58 Å². The van der Waals surface area contributed by atoms with Gasteiger partial charge in [-0.2, -0.15) is 5.10 Å². The molecule has 0 saturated heterocycles. The third-order valence-electron chi connectivity index (χ3n) is 6.68. The molecule has 43 heavy (non-hydrogen) atoms. The van der Waals surface area contributed by atoms with Crippen molar-refractivity contribution in [1.82, 2.24) is 10.4 Å². The lowest BCUT2D eigenvalue weighted by atomic mass is 10.0. The first kappa shape index (κ1) is 28.7. The first-order valence-corrected chi connectivity index (χ1v) is 13.4. The molecule has 0 saturated carbocycles. The van der Waals surface area contributed by atoms with Crippen LogP contribution in [0.2, 0.25) is 0 Å². The van der Waals surface area contributed by atoms with Crippen molar-refractivity contribution in [3.05, 3.63) is 142 Å². The average Bonchev–Trinajstić information content (AvgIpc) is 3.04. The summed E-state index contributed by atoms with van der Waals surface area (Å²) in [7, 11) is 1.54. The molecule has 0 spiro atoms. The minimum atomic E-state index is -0.445. The number of fused-ring (bicyclic) bond motifs is 1. The molecular formula is C34H28N4O5. The highest BCUT2D eigenvalue weighted by atomic mass is 16.6. The zero-order valence-electron chi connectivity index (χ0n) is 23.4. The molecular weight excluding hydrogens is 544 g/mol. The molecule has 1 amide bonds. The number of ether oxygens (including phenoxy) is 2. The monoisotopic (exact) mass is 572 g/mol. The number of nitrogens with zero attached hydrogens (tertiary/aromatic N) is 3. The third-order valence-corrected chi connectivity index (χ3v) is 6.68. The number of hydrogen-bond acceptors (Lipinski definition) is 7. The Balaban J connectivity index is 1.37. The lowest BCUT2D eigenvalue weighted by Crippen LogP contribution is -2.18. The molecule has 1 N–H and O–H groups in total. The topological polar surface area (TPSA) is 116 Å². The van der Waals surface area contributed by atoms with Crippen molar-refractivity contribution >= 4 is 28.7 Å². The zero-order chi connectivity index (χ0) is 30.2. The van der Waals surface area contributed by atoms with Crippen molar-refractivity contribution in [2.24, 2.45) is 5.10 Å². The SMILES string of the molecule is C=CCc1cc(/C=N/NC(=O)c2cc(-c3ccccc3)nc3ccccc23)cc(OC)c1OCc1ccc([N+](=O)[O-])cc1. The number of nitro benzene ring substituents is 1. The molecule has 9 nitrogen and oxygen atoms in total. The molecule has 0 atom stereocenters. The van der Waals surface area contributed by atoms with E-state index in [1.165, 1.54) is 25.5 Å². The maximum atomic E-state index is 13.3. The van der Waals surface area contributed by atoms with Crippen LogP contribution in [0.5, 0.6) is 11.5 Å². The Morgan fingerprint density at radius 2 is 1.77 bits per heavy atom. The van der Waals surface area contributed by atoms with Gasteiger partial charge in [-0.3, -0.25) is 14.9 Å². The molecule has 0 bridgehead atoms. The van der Waals surface area contributed by atoms with E-state index in [4.69, 9.17) is 14.5 Å². The van der Waals surface area contributed by atoms with Gasteiger partial charge in [0.1, 0.15) is 6.61 Å². The first-order valence-electron chi connectivity index (χ1n) is 13.4. The number of nitrogens with one attached hydrogen (secondary N) is 1. The number of rotatable bonds is 11. The highest BCUT2D eigenvalue weighted by Gasteiger charge is 2.15. The van der Waals surface area contributed by atoms with Crippen LogP contribution in [0.4, 0.5) is 5.69 Å². The van der Waals surface area contributed by atoms with E-state index < -0.39 is 4.92 Å². The summed E-state index contributed by atoms with van der Waals surface area (Å²) in [5, 5.41) is 15.9. The molecule has 214 valence electrons. The summed E-state index contributed by atoms with van der Waals surface area (Å²) in [6.45, 7) is 4.03. The van der Waals surface area contributed by atoms with E-state index in [0.717, 1.165) is 22.1 Å². The second-order valence-corrected chi connectivity index (χ2v) is 9.55. The second kappa shape index (κ2) is 13.2. The highest BCUT2D eigenvalue weighted by molar-refractivity contribution is 6.07. The van der Waals surface area contributed by atoms with E-state index in [9.17, 15) is 14.9 Å². The number of methoxy groups -OCH3 is 1. The minimum absolute atomic E-state index is 0.0122. The first-order chi connectivity index (χ1) is 21.0. The van der Waals surface area contributed by atoms with Gasteiger partial charge in [0.2, 0.25) is 0 Å². The Bertz CT molecular complexity index is 1820. The predicted molar refractivity (Wildman–Crippen MR) is 167 cm³/mol. The Hall–Kier alpha value is -5.83. The predicted octanol–water partition coefficient (Wildman–Crippen LogP) is 6.89. The Kier molecular flexibility index (Phi) is 8.82. The summed E-state index contributed by atoms with van der Waals surface area (Å²) in [4.78, 5) is 28.5. The van der Waals surface area contributed by atoms with Gasteiger partial charge in [0.05, 0.1) is 35.0 Å². The van der Waals surface area contributed by atoms with Gasteiger partial charge in [0.25, 0.3) is 11.6 Å². The van der Waals surface area contributed by atoms with Gasteiger partial charge in [0.15, 0.2) is 11.5 Å². The maximum Gasteiger partial charge on any atom is 0.272 e. The summed E-state index contributed by atoms with van der Waals surface area (Å²) in [6, 6.07) is 28.7. The number of carbonyl (C=O) groups excluding carboxylic acids is 1. The van der Waals surface area contributed by atoms with Gasteiger partial charge in [0, 0.05) is 28.6 Å². The van der Waals surface area contributed by atoms with Crippen LogP contribution in [0.25, 0.3) is 22.2 Å². The molecule has 5 aromatic rings. The highest BCUT2D eigenvalue weighted by Crippen LogP contribution is 2.34. The van der Waals surface area contributed by atoms with Crippen LogP contribution in [0.15, 0.2) is 115 Å². The number of benzene rings is 4. The number of aromatic nitrogens is 1. The van der Waals surface area contributed by atoms with Gasteiger partial charge in [-0.05, 0) is 53.9 Å². The fourth-order valence-corrected chi connectivity index (χ4v) is 4.60. The van der Waals surface area contributed by atoms with Gasteiger partial charge >= 0.3 is 0 Å². The number of amides is 1. The lowest BCUT2D eigenvalue weighted by molar-refractivity contribution is -0.384. The van der Waals surface area contributed by atoms with Crippen LogP contribution >= 0.6 is 0 Å². The van der Waals surface area contributed by atoms with Gasteiger partial charge in [-0.1, -0.05) is 54.6 Å². The largest absolute Gasteiger partial charge is 0.493 e. The molecule has 4 aromatic carbocycles. The number of hydrazone groups is 1. The lowest BCUT2D eigenvalue weighted by Gasteiger charge is -2.16. The van der Waals surface area contributed by atoms with Crippen LogP contribution < -0.4 is 14.9 Å². The second-order valence-electron chi connectivity index (χ2n) is 9.55. The molecule has 0 aliphatic rings. The van der Waals surface area contributed by atoms with Crippen molar-refractivity contribution in [1.29, 1.82) is 0 Å². The summed E-state index contributed by atoms with van der Waals surface area (Å²) in [5.74, 6) is 0.633. The van der Waals surface area contributed by atoms with Crippen LogP contribution in [-0.2, 0) is 13.0 Å². The van der Waals surface area contributed by atoms with Gasteiger partial charge in [-0.25, -0.2) is 10.4 Å².